The van der Waals surface area contributed by atoms with E-state index in [1.54, 1.807) is 7.11 Å². The molecule has 130 valence electrons. The summed E-state index contributed by atoms with van der Waals surface area (Å²) in [5.74, 6) is 1.99. The maximum absolute atomic E-state index is 5.81. The molecule has 25 heavy (non-hydrogen) atoms. The van der Waals surface area contributed by atoms with Crippen molar-refractivity contribution < 1.29 is 9.47 Å². The number of halogens is 1. The van der Waals surface area contributed by atoms with Crippen LogP contribution >= 0.6 is 15.9 Å². The summed E-state index contributed by atoms with van der Waals surface area (Å²) in [5.41, 5.74) is 7.23. The molecule has 1 heterocycles. The van der Waals surface area contributed by atoms with Gasteiger partial charge < -0.3 is 20.5 Å². The number of anilines is 2. The van der Waals surface area contributed by atoms with Gasteiger partial charge in [-0.25, -0.2) is 9.97 Å². The molecule has 0 spiro atoms. The molecular formula is C18H19BrN4O2. The Kier molecular flexibility index (Phi) is 5.67. The fraction of sp³-hybridized carbons (Fsp3) is 0.222. The number of nitrogens with two attached hydrogens (primary N) is 1. The third-order valence-electron chi connectivity index (χ3n) is 3.61. The van der Waals surface area contributed by atoms with Crippen LogP contribution in [0.5, 0.6) is 11.5 Å². The Morgan fingerprint density at radius 1 is 1.16 bits per heavy atom. The van der Waals surface area contributed by atoms with Crippen LogP contribution in [0.25, 0.3) is 10.9 Å². The van der Waals surface area contributed by atoms with Gasteiger partial charge in [0.25, 0.3) is 0 Å². The minimum absolute atomic E-state index is 0.528. The van der Waals surface area contributed by atoms with E-state index < -0.39 is 0 Å². The first-order chi connectivity index (χ1) is 12.2. The molecule has 0 aliphatic rings. The van der Waals surface area contributed by atoms with Gasteiger partial charge >= 0.3 is 0 Å². The monoisotopic (exact) mass is 402 g/mol. The molecule has 0 aliphatic carbocycles. The Morgan fingerprint density at radius 2 is 2.04 bits per heavy atom. The number of ether oxygens (including phenoxy) is 2. The number of nitrogens with one attached hydrogen (secondary N) is 1. The summed E-state index contributed by atoms with van der Waals surface area (Å²) >= 11 is 3.47. The van der Waals surface area contributed by atoms with E-state index in [2.05, 4.69) is 31.2 Å². The van der Waals surface area contributed by atoms with Crippen LogP contribution in [0.3, 0.4) is 0 Å². The summed E-state index contributed by atoms with van der Waals surface area (Å²) in [5, 5.41) is 4.18. The van der Waals surface area contributed by atoms with Crippen molar-refractivity contribution in [2.24, 2.45) is 5.73 Å². The van der Waals surface area contributed by atoms with Crippen molar-refractivity contribution >= 4 is 38.3 Å². The van der Waals surface area contributed by atoms with E-state index in [0.717, 1.165) is 27.5 Å². The molecule has 7 heteroatoms. The van der Waals surface area contributed by atoms with Crippen LogP contribution in [-0.2, 0) is 0 Å². The molecular weight excluding hydrogens is 384 g/mol. The van der Waals surface area contributed by atoms with Gasteiger partial charge in [0.15, 0.2) is 11.5 Å². The normalized spacial score (nSPS) is 10.7. The fourth-order valence-electron chi connectivity index (χ4n) is 2.40. The van der Waals surface area contributed by atoms with Crippen LogP contribution in [0.4, 0.5) is 11.5 Å². The quantitative estimate of drug-likeness (QED) is 0.583. The molecule has 6 nitrogen and oxygen atoms in total. The van der Waals surface area contributed by atoms with Crippen molar-refractivity contribution in [1.29, 1.82) is 0 Å². The number of rotatable bonds is 7. The molecule has 0 amide bonds. The highest BCUT2D eigenvalue weighted by Gasteiger charge is 2.12. The summed E-state index contributed by atoms with van der Waals surface area (Å²) in [7, 11) is 1.61. The Bertz CT molecular complexity index is 873. The number of fused-ring (bicyclic) bond motifs is 1. The van der Waals surface area contributed by atoms with Crippen LogP contribution in [-0.4, -0.2) is 30.2 Å². The molecule has 0 radical (unpaired) electrons. The predicted molar refractivity (Wildman–Crippen MR) is 103 cm³/mol. The maximum Gasteiger partial charge on any atom is 0.162 e. The van der Waals surface area contributed by atoms with E-state index in [1.165, 1.54) is 6.33 Å². The summed E-state index contributed by atoms with van der Waals surface area (Å²) in [6, 6.07) is 11.6. The predicted octanol–water partition coefficient (Wildman–Crippen LogP) is 3.87. The fourth-order valence-corrected chi connectivity index (χ4v) is 2.80. The SMILES string of the molecule is COc1cc2ncnc(Nc3cccc(Br)c3)c2cc1OCCCN. The average molecular weight is 403 g/mol. The zero-order valence-corrected chi connectivity index (χ0v) is 15.4. The van der Waals surface area contributed by atoms with E-state index in [4.69, 9.17) is 15.2 Å². The number of nitrogens with zero attached hydrogens (tertiary/aromatic N) is 2. The molecule has 0 saturated heterocycles. The smallest absolute Gasteiger partial charge is 0.162 e. The van der Waals surface area contributed by atoms with Gasteiger partial charge in [-0.2, -0.15) is 0 Å². The molecule has 3 aromatic rings. The number of hydrogen-bond acceptors (Lipinski definition) is 6. The number of aromatic nitrogens is 2. The van der Waals surface area contributed by atoms with E-state index in [0.29, 0.717) is 30.5 Å². The standard InChI is InChI=1S/C18H19BrN4O2/c1-24-16-10-15-14(9-17(16)25-7-3-6-20)18(22-11-21-15)23-13-5-2-4-12(19)8-13/h2,4-5,8-11H,3,6-7,20H2,1H3,(H,21,22,23). The second-order valence-electron chi connectivity index (χ2n) is 5.37. The van der Waals surface area contributed by atoms with Crippen molar-refractivity contribution in [3.05, 3.63) is 47.2 Å². The van der Waals surface area contributed by atoms with Gasteiger partial charge in [0.05, 0.1) is 19.2 Å². The van der Waals surface area contributed by atoms with Gasteiger partial charge in [-0.15, -0.1) is 0 Å². The number of methoxy groups -OCH3 is 1. The largest absolute Gasteiger partial charge is 0.493 e. The summed E-state index contributed by atoms with van der Waals surface area (Å²) in [4.78, 5) is 8.70. The first-order valence-corrected chi connectivity index (χ1v) is 8.69. The molecule has 3 N–H and O–H groups in total. The lowest BCUT2D eigenvalue weighted by Crippen LogP contribution is -2.07. The Balaban J connectivity index is 1.99. The van der Waals surface area contributed by atoms with E-state index in [9.17, 15) is 0 Å². The maximum atomic E-state index is 5.81. The van der Waals surface area contributed by atoms with E-state index >= 15 is 0 Å². The van der Waals surface area contributed by atoms with Gasteiger partial charge in [0.2, 0.25) is 0 Å². The lowest BCUT2D eigenvalue weighted by Gasteiger charge is -2.13. The second-order valence-corrected chi connectivity index (χ2v) is 6.28. The summed E-state index contributed by atoms with van der Waals surface area (Å²) < 4.78 is 12.2. The first kappa shape index (κ1) is 17.4. The van der Waals surface area contributed by atoms with Crippen LogP contribution in [0.15, 0.2) is 47.2 Å². The minimum Gasteiger partial charge on any atom is -0.493 e. The molecule has 0 atom stereocenters. The summed E-state index contributed by atoms with van der Waals surface area (Å²) in [6.45, 7) is 1.11. The van der Waals surface area contributed by atoms with Crippen molar-refractivity contribution in [3.8, 4) is 11.5 Å². The minimum atomic E-state index is 0.528. The molecule has 1 aromatic heterocycles. The lowest BCUT2D eigenvalue weighted by atomic mass is 10.2. The molecule has 0 fully saturated rings. The molecule has 0 bridgehead atoms. The Morgan fingerprint density at radius 3 is 2.80 bits per heavy atom. The highest BCUT2D eigenvalue weighted by Crippen LogP contribution is 2.35. The highest BCUT2D eigenvalue weighted by molar-refractivity contribution is 9.10. The Labute approximate surface area is 154 Å². The van der Waals surface area contributed by atoms with Crippen LogP contribution < -0.4 is 20.5 Å². The number of hydrogen-bond donors (Lipinski definition) is 2. The summed E-state index contributed by atoms with van der Waals surface area (Å²) in [6.07, 6.45) is 2.30. The molecule has 0 saturated carbocycles. The number of benzene rings is 2. The van der Waals surface area contributed by atoms with Crippen molar-refractivity contribution in [1.82, 2.24) is 9.97 Å². The Hall–Kier alpha value is -2.38. The van der Waals surface area contributed by atoms with Crippen molar-refractivity contribution in [2.75, 3.05) is 25.6 Å². The topological polar surface area (TPSA) is 82.3 Å². The highest BCUT2D eigenvalue weighted by atomic mass is 79.9. The second kappa shape index (κ2) is 8.13. The molecule has 2 aromatic carbocycles. The van der Waals surface area contributed by atoms with Crippen LogP contribution in [0, 0.1) is 0 Å². The zero-order valence-electron chi connectivity index (χ0n) is 13.8. The van der Waals surface area contributed by atoms with Crippen LogP contribution in [0.2, 0.25) is 0 Å². The van der Waals surface area contributed by atoms with Gasteiger partial charge in [-0.1, -0.05) is 22.0 Å². The third kappa shape index (κ3) is 4.18. The zero-order chi connectivity index (χ0) is 17.6. The van der Waals surface area contributed by atoms with Gasteiger partial charge in [-0.3, -0.25) is 0 Å². The van der Waals surface area contributed by atoms with E-state index in [-0.39, 0.29) is 0 Å². The van der Waals surface area contributed by atoms with Crippen molar-refractivity contribution in [2.45, 2.75) is 6.42 Å². The third-order valence-corrected chi connectivity index (χ3v) is 4.11. The molecule has 3 rings (SSSR count). The van der Waals surface area contributed by atoms with Crippen LogP contribution in [0.1, 0.15) is 6.42 Å². The van der Waals surface area contributed by atoms with E-state index in [1.807, 2.05) is 36.4 Å². The van der Waals surface area contributed by atoms with Crippen molar-refractivity contribution in [3.63, 3.8) is 0 Å². The molecule has 0 unspecified atom stereocenters. The first-order valence-electron chi connectivity index (χ1n) is 7.89. The van der Waals surface area contributed by atoms with Gasteiger partial charge in [-0.05, 0) is 37.2 Å². The molecule has 0 aliphatic heterocycles. The van der Waals surface area contributed by atoms with Gasteiger partial charge in [0.1, 0.15) is 12.1 Å². The van der Waals surface area contributed by atoms with Gasteiger partial charge in [0, 0.05) is 21.6 Å². The average Bonchev–Trinajstić information content (AvgIpc) is 2.62. The lowest BCUT2D eigenvalue weighted by molar-refractivity contribution is 0.292.